The highest BCUT2D eigenvalue weighted by atomic mass is 32.2. The van der Waals surface area contributed by atoms with Crippen LogP contribution in [0.4, 0.5) is 4.39 Å². The van der Waals surface area contributed by atoms with Gasteiger partial charge >= 0.3 is 0 Å². The summed E-state index contributed by atoms with van der Waals surface area (Å²) >= 11 is 0. The van der Waals surface area contributed by atoms with E-state index in [0.29, 0.717) is 17.0 Å². The van der Waals surface area contributed by atoms with Gasteiger partial charge in [-0.05, 0) is 86.9 Å². The van der Waals surface area contributed by atoms with Gasteiger partial charge in [0.25, 0.3) is 0 Å². The first-order valence-electron chi connectivity index (χ1n) is 13.7. The van der Waals surface area contributed by atoms with E-state index in [1.807, 2.05) is 18.2 Å². The Morgan fingerprint density at radius 2 is 1.70 bits per heavy atom. The van der Waals surface area contributed by atoms with Gasteiger partial charge in [-0.15, -0.1) is 0 Å². The molecule has 1 saturated carbocycles. The van der Waals surface area contributed by atoms with Crippen molar-refractivity contribution in [2.24, 2.45) is 0 Å². The lowest BCUT2D eigenvalue weighted by Crippen LogP contribution is -2.22. The van der Waals surface area contributed by atoms with Gasteiger partial charge in [0.1, 0.15) is 0 Å². The first-order chi connectivity index (χ1) is 17.9. The van der Waals surface area contributed by atoms with Crippen LogP contribution in [0.2, 0.25) is 0 Å². The van der Waals surface area contributed by atoms with Crippen molar-refractivity contribution in [3.8, 4) is 5.75 Å². The van der Waals surface area contributed by atoms with Crippen LogP contribution in [0.15, 0.2) is 47.4 Å². The topological polar surface area (TPSA) is 95.9 Å². The number of phenols is 1. The van der Waals surface area contributed by atoms with Crippen molar-refractivity contribution in [2.45, 2.75) is 86.9 Å². The number of sulfone groups is 1. The lowest BCUT2D eigenvalue weighted by Gasteiger charge is -2.12. The number of nitrogens with one attached hydrogen (secondary N) is 1. The second kappa shape index (κ2) is 15.4. The number of aromatic hydroxyl groups is 1. The van der Waals surface area contributed by atoms with Crippen LogP contribution in [-0.2, 0) is 21.0 Å². The molecule has 2 aromatic rings. The second-order valence-electron chi connectivity index (χ2n) is 10.0. The lowest BCUT2D eigenvalue weighted by molar-refractivity contribution is 0.126. The smallest absolute Gasteiger partial charge is 0.181 e. The van der Waals surface area contributed by atoms with Crippen molar-refractivity contribution in [1.29, 1.82) is 0 Å². The van der Waals surface area contributed by atoms with Crippen LogP contribution in [0.5, 0.6) is 5.75 Å². The molecule has 1 fully saturated rings. The van der Waals surface area contributed by atoms with Gasteiger partial charge in [-0.3, -0.25) is 0 Å². The first kappa shape index (κ1) is 29.6. The van der Waals surface area contributed by atoms with Crippen molar-refractivity contribution in [3.05, 3.63) is 59.4 Å². The van der Waals surface area contributed by atoms with E-state index in [1.165, 1.54) is 12.1 Å². The van der Waals surface area contributed by atoms with Crippen molar-refractivity contribution < 1.29 is 27.8 Å². The Hall–Kier alpha value is -2.00. The molecular weight excluding hydrogens is 493 g/mol. The molecule has 1 aliphatic rings. The van der Waals surface area contributed by atoms with E-state index in [9.17, 15) is 23.0 Å². The standard InChI is InChI=1S/C29H42FNO5S/c30-27-21-24(15-16-28(27)32)29(33)22-31-17-6-1-2-7-18-36-19-8-5-10-23-11-9-14-26(20-23)37(34,35)25-12-3-4-13-25/h9,11,14-16,20-21,25,29,31-33H,1-8,10,12-13,17-19,22H2. The number of halogens is 1. The maximum absolute atomic E-state index is 13.4. The van der Waals surface area contributed by atoms with Crippen LogP contribution < -0.4 is 5.32 Å². The number of hydrogen-bond acceptors (Lipinski definition) is 6. The summed E-state index contributed by atoms with van der Waals surface area (Å²) in [5.74, 6) is -1.14. The normalized spacial score (nSPS) is 15.3. The van der Waals surface area contributed by atoms with Gasteiger partial charge < -0.3 is 20.3 Å². The van der Waals surface area contributed by atoms with Gasteiger partial charge in [-0.1, -0.05) is 43.9 Å². The van der Waals surface area contributed by atoms with E-state index < -0.39 is 27.5 Å². The van der Waals surface area contributed by atoms with E-state index >= 15 is 0 Å². The number of rotatable bonds is 17. The molecule has 6 nitrogen and oxygen atoms in total. The van der Waals surface area contributed by atoms with E-state index in [0.717, 1.165) is 102 Å². The Kier molecular flexibility index (Phi) is 12.3. The molecule has 2 aromatic carbocycles. The minimum Gasteiger partial charge on any atom is -0.505 e. The first-order valence-corrected chi connectivity index (χ1v) is 15.2. The highest BCUT2D eigenvalue weighted by Gasteiger charge is 2.30. The van der Waals surface area contributed by atoms with Crippen LogP contribution in [0.25, 0.3) is 0 Å². The molecule has 8 heteroatoms. The third-order valence-corrected chi connectivity index (χ3v) is 9.32. The van der Waals surface area contributed by atoms with Gasteiger partial charge in [-0.25, -0.2) is 12.8 Å². The summed E-state index contributed by atoms with van der Waals surface area (Å²) in [4.78, 5) is 0.479. The van der Waals surface area contributed by atoms with Gasteiger partial charge in [0.2, 0.25) is 0 Å². The Morgan fingerprint density at radius 1 is 0.973 bits per heavy atom. The molecule has 0 aliphatic heterocycles. The minimum absolute atomic E-state index is 0.205. The molecule has 1 unspecified atom stereocenters. The number of hydrogen-bond donors (Lipinski definition) is 3. The fourth-order valence-electron chi connectivity index (χ4n) is 4.80. The SMILES string of the molecule is O=S(=O)(c1cccc(CCCCOCCCCCCNCC(O)c2ccc(O)c(F)c2)c1)C1CCCC1. The Bertz CT molecular complexity index is 1060. The highest BCUT2D eigenvalue weighted by molar-refractivity contribution is 7.92. The molecule has 3 N–H and O–H groups in total. The predicted molar refractivity (Wildman–Crippen MR) is 144 cm³/mol. The maximum atomic E-state index is 13.4. The van der Waals surface area contributed by atoms with E-state index in [-0.39, 0.29) is 5.25 Å². The fourth-order valence-corrected chi connectivity index (χ4v) is 6.72. The van der Waals surface area contributed by atoms with Crippen molar-refractivity contribution >= 4 is 9.84 Å². The van der Waals surface area contributed by atoms with Gasteiger partial charge in [0.15, 0.2) is 21.4 Å². The zero-order chi connectivity index (χ0) is 26.5. The fraction of sp³-hybridized carbons (Fsp3) is 0.586. The summed E-state index contributed by atoms with van der Waals surface area (Å²) in [6, 6.07) is 11.4. The summed E-state index contributed by atoms with van der Waals surface area (Å²) in [5.41, 5.74) is 1.52. The quantitative estimate of drug-likeness (QED) is 0.233. The Morgan fingerprint density at radius 3 is 2.46 bits per heavy atom. The molecule has 0 saturated heterocycles. The predicted octanol–water partition coefficient (Wildman–Crippen LogP) is 5.47. The van der Waals surface area contributed by atoms with Gasteiger partial charge in [-0.2, -0.15) is 0 Å². The Labute approximate surface area is 221 Å². The summed E-state index contributed by atoms with van der Waals surface area (Å²) in [5, 5.41) is 22.3. The molecule has 0 aromatic heterocycles. The highest BCUT2D eigenvalue weighted by Crippen LogP contribution is 2.30. The molecule has 0 radical (unpaired) electrons. The van der Waals surface area contributed by atoms with Crippen molar-refractivity contribution in [3.63, 3.8) is 0 Å². The molecule has 1 aliphatic carbocycles. The van der Waals surface area contributed by atoms with Crippen molar-refractivity contribution in [1.82, 2.24) is 5.32 Å². The van der Waals surface area contributed by atoms with Crippen LogP contribution in [0.3, 0.4) is 0 Å². The van der Waals surface area contributed by atoms with Gasteiger partial charge in [0.05, 0.1) is 16.2 Å². The lowest BCUT2D eigenvalue weighted by atomic mass is 10.1. The van der Waals surface area contributed by atoms with Crippen molar-refractivity contribution in [2.75, 3.05) is 26.3 Å². The van der Waals surface area contributed by atoms with E-state index in [4.69, 9.17) is 4.74 Å². The zero-order valence-electron chi connectivity index (χ0n) is 21.7. The summed E-state index contributed by atoms with van der Waals surface area (Å²) in [6.45, 7) is 2.58. The number of aryl methyl sites for hydroxylation is 1. The molecular formula is C29H42FNO5S. The molecule has 1 atom stereocenters. The molecule has 0 heterocycles. The van der Waals surface area contributed by atoms with E-state index in [2.05, 4.69) is 5.32 Å². The second-order valence-corrected chi connectivity index (χ2v) is 12.2. The molecule has 37 heavy (non-hydrogen) atoms. The van der Waals surface area contributed by atoms with E-state index in [1.54, 1.807) is 6.07 Å². The molecule has 3 rings (SSSR count). The van der Waals surface area contributed by atoms with Gasteiger partial charge in [0, 0.05) is 19.8 Å². The number of phenolic OH excluding ortho intramolecular Hbond substituents is 1. The molecule has 206 valence electrons. The maximum Gasteiger partial charge on any atom is 0.181 e. The third kappa shape index (κ3) is 9.67. The molecule has 0 amide bonds. The average Bonchev–Trinajstić information content (AvgIpc) is 3.44. The number of ether oxygens (including phenoxy) is 1. The number of aliphatic hydroxyl groups is 1. The van der Waals surface area contributed by atoms with Crippen LogP contribution in [-0.4, -0.2) is 50.2 Å². The number of unbranched alkanes of at least 4 members (excludes halogenated alkanes) is 4. The largest absolute Gasteiger partial charge is 0.505 e. The molecule has 0 bridgehead atoms. The Balaban J connectivity index is 1.16. The third-order valence-electron chi connectivity index (χ3n) is 7.06. The van der Waals surface area contributed by atoms with Crippen LogP contribution >= 0.6 is 0 Å². The number of aliphatic hydroxyl groups excluding tert-OH is 1. The summed E-state index contributed by atoms with van der Waals surface area (Å²) < 4.78 is 44.7. The minimum atomic E-state index is -3.20. The van der Waals surface area contributed by atoms with Crippen LogP contribution in [0, 0.1) is 5.82 Å². The summed E-state index contributed by atoms with van der Waals surface area (Å²) in [7, 11) is -3.20. The monoisotopic (exact) mass is 535 g/mol. The summed E-state index contributed by atoms with van der Waals surface area (Å²) in [6.07, 6.45) is 9.74. The average molecular weight is 536 g/mol. The van der Waals surface area contributed by atoms with Crippen LogP contribution in [0.1, 0.15) is 81.4 Å². The molecule has 0 spiro atoms. The zero-order valence-corrected chi connectivity index (χ0v) is 22.5. The number of benzene rings is 2.